The van der Waals surface area contributed by atoms with Crippen molar-refractivity contribution in [2.45, 2.75) is 13.3 Å². The Hall–Kier alpha value is -1.44. The fourth-order valence-electron chi connectivity index (χ4n) is 1.66. The lowest BCUT2D eigenvalue weighted by Gasteiger charge is -2.20. The first-order chi connectivity index (χ1) is 9.01. The van der Waals surface area contributed by atoms with Crippen LogP contribution in [-0.4, -0.2) is 28.8 Å². The zero-order chi connectivity index (χ0) is 14.4. The summed E-state index contributed by atoms with van der Waals surface area (Å²) in [5.74, 6) is -0.199. The molecule has 1 amide bonds. The van der Waals surface area contributed by atoms with Crippen molar-refractivity contribution in [1.29, 1.82) is 0 Å². The van der Waals surface area contributed by atoms with Gasteiger partial charge in [0.15, 0.2) is 0 Å². The maximum Gasteiger partial charge on any atom is 0.270 e. The third-order valence-electron chi connectivity index (χ3n) is 2.52. The molecule has 0 N–H and O–H groups in total. The molecule has 1 aromatic rings. The molecule has 0 radical (unpaired) electrons. The molecule has 0 atom stereocenters. The maximum atomic E-state index is 12.4. The Kier molecular flexibility index (Phi) is 5.94. The van der Waals surface area contributed by atoms with E-state index in [-0.39, 0.29) is 11.6 Å². The van der Waals surface area contributed by atoms with Crippen LogP contribution in [0.5, 0.6) is 0 Å². The van der Waals surface area contributed by atoms with Crippen LogP contribution in [0.2, 0.25) is 0 Å². The smallest absolute Gasteiger partial charge is 0.270 e. The standard InChI is InChI=1S/C13H15IN2O3/c1-3-7-15(8-4-2)13(17)11-9-10(16(18)19)5-6-12(11)14/h3,5-6,9H,1,4,7-8H2,2H3. The summed E-state index contributed by atoms with van der Waals surface area (Å²) in [6.45, 7) is 6.63. The second-order valence-corrected chi connectivity index (χ2v) is 5.12. The molecule has 0 aliphatic carbocycles. The number of nitro benzene ring substituents is 1. The van der Waals surface area contributed by atoms with Gasteiger partial charge in [-0.1, -0.05) is 13.0 Å². The van der Waals surface area contributed by atoms with Gasteiger partial charge in [-0.15, -0.1) is 6.58 Å². The van der Waals surface area contributed by atoms with Gasteiger partial charge in [0, 0.05) is 28.8 Å². The van der Waals surface area contributed by atoms with E-state index in [1.807, 2.05) is 29.5 Å². The topological polar surface area (TPSA) is 63.5 Å². The third-order valence-corrected chi connectivity index (χ3v) is 3.46. The van der Waals surface area contributed by atoms with Crippen LogP contribution in [0.4, 0.5) is 5.69 Å². The minimum atomic E-state index is -0.496. The number of carbonyl (C=O) groups is 1. The largest absolute Gasteiger partial charge is 0.335 e. The summed E-state index contributed by atoms with van der Waals surface area (Å²) >= 11 is 2.01. The molecule has 19 heavy (non-hydrogen) atoms. The van der Waals surface area contributed by atoms with E-state index in [0.717, 1.165) is 6.42 Å². The first-order valence-electron chi connectivity index (χ1n) is 5.85. The Morgan fingerprint density at radius 1 is 1.58 bits per heavy atom. The molecule has 0 saturated carbocycles. The fourth-order valence-corrected chi connectivity index (χ4v) is 2.23. The first-order valence-corrected chi connectivity index (χ1v) is 6.93. The third kappa shape index (κ3) is 4.02. The lowest BCUT2D eigenvalue weighted by Crippen LogP contribution is -2.32. The highest BCUT2D eigenvalue weighted by Gasteiger charge is 2.19. The van der Waals surface area contributed by atoms with Crippen molar-refractivity contribution in [2.24, 2.45) is 0 Å². The molecular formula is C13H15IN2O3. The van der Waals surface area contributed by atoms with Gasteiger partial charge in [0.1, 0.15) is 0 Å². The van der Waals surface area contributed by atoms with E-state index >= 15 is 0 Å². The van der Waals surface area contributed by atoms with Gasteiger partial charge in [-0.3, -0.25) is 14.9 Å². The Balaban J connectivity index is 3.12. The molecule has 0 heterocycles. The lowest BCUT2D eigenvalue weighted by atomic mass is 10.1. The Morgan fingerprint density at radius 2 is 2.26 bits per heavy atom. The summed E-state index contributed by atoms with van der Waals surface area (Å²) in [4.78, 5) is 24.3. The van der Waals surface area contributed by atoms with Crippen LogP contribution in [0.1, 0.15) is 23.7 Å². The van der Waals surface area contributed by atoms with E-state index in [0.29, 0.717) is 22.2 Å². The predicted octanol–water partition coefficient (Wildman–Crippen LogP) is 3.24. The second-order valence-electron chi connectivity index (χ2n) is 3.96. The van der Waals surface area contributed by atoms with Gasteiger partial charge in [-0.2, -0.15) is 0 Å². The number of non-ortho nitro benzene ring substituents is 1. The molecule has 0 spiro atoms. The van der Waals surface area contributed by atoms with Crippen LogP contribution in [0.15, 0.2) is 30.9 Å². The molecule has 6 heteroatoms. The fraction of sp³-hybridized carbons (Fsp3) is 0.308. The van der Waals surface area contributed by atoms with Gasteiger partial charge in [0.25, 0.3) is 11.6 Å². The normalized spacial score (nSPS) is 10.0. The average Bonchev–Trinajstić information content (AvgIpc) is 2.38. The zero-order valence-electron chi connectivity index (χ0n) is 10.6. The lowest BCUT2D eigenvalue weighted by molar-refractivity contribution is -0.384. The Bertz CT molecular complexity index is 503. The Labute approximate surface area is 125 Å². The van der Waals surface area contributed by atoms with E-state index in [1.165, 1.54) is 12.1 Å². The van der Waals surface area contributed by atoms with Gasteiger partial charge >= 0.3 is 0 Å². The number of carbonyl (C=O) groups excluding carboxylic acids is 1. The van der Waals surface area contributed by atoms with Crippen LogP contribution in [-0.2, 0) is 0 Å². The van der Waals surface area contributed by atoms with Crippen molar-refractivity contribution in [3.8, 4) is 0 Å². The molecule has 5 nitrogen and oxygen atoms in total. The van der Waals surface area contributed by atoms with E-state index in [1.54, 1.807) is 17.0 Å². The number of rotatable bonds is 6. The molecule has 102 valence electrons. The number of benzene rings is 1. The van der Waals surface area contributed by atoms with Crippen LogP contribution in [0.25, 0.3) is 0 Å². The quantitative estimate of drug-likeness (QED) is 0.332. The number of hydrogen-bond donors (Lipinski definition) is 0. The molecule has 0 bridgehead atoms. The van der Waals surface area contributed by atoms with Crippen molar-refractivity contribution in [3.63, 3.8) is 0 Å². The maximum absolute atomic E-state index is 12.4. The molecule has 1 aromatic carbocycles. The average molecular weight is 374 g/mol. The van der Waals surface area contributed by atoms with E-state index < -0.39 is 4.92 Å². The first kappa shape index (κ1) is 15.6. The van der Waals surface area contributed by atoms with Crippen molar-refractivity contribution < 1.29 is 9.72 Å². The minimum absolute atomic E-state index is 0.0705. The van der Waals surface area contributed by atoms with E-state index in [2.05, 4.69) is 6.58 Å². The van der Waals surface area contributed by atoms with E-state index in [4.69, 9.17) is 0 Å². The summed E-state index contributed by atoms with van der Waals surface area (Å²) in [5, 5.41) is 10.8. The SMILES string of the molecule is C=CCN(CCC)C(=O)c1cc([N+](=O)[O-])ccc1I. The number of halogens is 1. The van der Waals surface area contributed by atoms with Crippen LogP contribution in [0, 0.1) is 13.7 Å². The number of hydrogen-bond acceptors (Lipinski definition) is 3. The van der Waals surface area contributed by atoms with Gasteiger partial charge in [-0.25, -0.2) is 0 Å². The highest BCUT2D eigenvalue weighted by atomic mass is 127. The molecule has 0 saturated heterocycles. The van der Waals surface area contributed by atoms with Crippen molar-refractivity contribution in [3.05, 3.63) is 50.1 Å². The second kappa shape index (κ2) is 7.22. The number of amides is 1. The molecule has 0 aromatic heterocycles. The molecule has 0 aliphatic rings. The van der Waals surface area contributed by atoms with Crippen molar-refractivity contribution >= 4 is 34.2 Å². The number of nitro groups is 1. The predicted molar refractivity (Wildman–Crippen MR) is 82.2 cm³/mol. The highest BCUT2D eigenvalue weighted by molar-refractivity contribution is 14.1. The Morgan fingerprint density at radius 3 is 2.79 bits per heavy atom. The van der Waals surface area contributed by atoms with Crippen LogP contribution >= 0.6 is 22.6 Å². The van der Waals surface area contributed by atoms with Crippen LogP contribution in [0.3, 0.4) is 0 Å². The molecular weight excluding hydrogens is 359 g/mol. The van der Waals surface area contributed by atoms with Gasteiger partial charge in [0.05, 0.1) is 10.5 Å². The summed E-state index contributed by atoms with van der Waals surface area (Å²) in [6.07, 6.45) is 2.48. The summed E-state index contributed by atoms with van der Waals surface area (Å²) < 4.78 is 0.707. The summed E-state index contributed by atoms with van der Waals surface area (Å²) in [7, 11) is 0. The van der Waals surface area contributed by atoms with E-state index in [9.17, 15) is 14.9 Å². The number of nitrogens with zero attached hydrogens (tertiary/aromatic N) is 2. The highest BCUT2D eigenvalue weighted by Crippen LogP contribution is 2.21. The zero-order valence-corrected chi connectivity index (χ0v) is 12.8. The molecule has 0 unspecified atom stereocenters. The van der Waals surface area contributed by atoms with Gasteiger partial charge in [0.2, 0.25) is 0 Å². The van der Waals surface area contributed by atoms with Crippen LogP contribution < -0.4 is 0 Å². The molecule has 1 rings (SSSR count). The van der Waals surface area contributed by atoms with Crippen molar-refractivity contribution in [2.75, 3.05) is 13.1 Å². The summed E-state index contributed by atoms with van der Waals surface area (Å²) in [5.41, 5.74) is 0.295. The van der Waals surface area contributed by atoms with Crippen molar-refractivity contribution in [1.82, 2.24) is 4.90 Å². The van der Waals surface area contributed by atoms with Gasteiger partial charge in [-0.05, 0) is 35.1 Å². The molecule has 0 fully saturated rings. The minimum Gasteiger partial charge on any atom is -0.335 e. The molecule has 0 aliphatic heterocycles. The van der Waals surface area contributed by atoms with Gasteiger partial charge < -0.3 is 4.90 Å². The monoisotopic (exact) mass is 374 g/mol. The summed E-state index contributed by atoms with van der Waals surface area (Å²) in [6, 6.07) is 4.32.